The van der Waals surface area contributed by atoms with Crippen LogP contribution in [-0.4, -0.2) is 21.4 Å². The van der Waals surface area contributed by atoms with Crippen molar-refractivity contribution in [1.82, 2.24) is 10.0 Å². The van der Waals surface area contributed by atoms with Gasteiger partial charge in [0, 0.05) is 13.5 Å². The van der Waals surface area contributed by atoms with Gasteiger partial charge in [0.05, 0.1) is 10.9 Å². The zero-order chi connectivity index (χ0) is 16.9. The van der Waals surface area contributed by atoms with Crippen LogP contribution in [0, 0.1) is 6.92 Å². The summed E-state index contributed by atoms with van der Waals surface area (Å²) in [5.41, 5.74) is 1.72. The molecule has 5 nitrogen and oxygen atoms in total. The summed E-state index contributed by atoms with van der Waals surface area (Å²) in [6, 6.07) is 15.0. The van der Waals surface area contributed by atoms with Crippen molar-refractivity contribution in [2.75, 3.05) is 7.05 Å². The van der Waals surface area contributed by atoms with E-state index in [4.69, 9.17) is 0 Å². The molecule has 0 aliphatic rings. The lowest BCUT2D eigenvalue weighted by Gasteiger charge is -2.18. The molecule has 23 heavy (non-hydrogen) atoms. The Balaban J connectivity index is 2.29. The Morgan fingerprint density at radius 1 is 1.04 bits per heavy atom. The van der Waals surface area contributed by atoms with E-state index in [1.165, 1.54) is 7.05 Å². The Labute approximate surface area is 136 Å². The minimum atomic E-state index is -3.71. The fourth-order valence-electron chi connectivity index (χ4n) is 2.17. The van der Waals surface area contributed by atoms with Gasteiger partial charge in [-0.15, -0.1) is 0 Å². The maximum absolute atomic E-state index is 12.6. The van der Waals surface area contributed by atoms with Crippen LogP contribution >= 0.6 is 0 Å². The molecule has 0 aliphatic carbocycles. The fraction of sp³-hybridized carbons (Fsp3) is 0.235. The van der Waals surface area contributed by atoms with Crippen LogP contribution in [0.3, 0.4) is 0 Å². The molecular weight excluding hydrogens is 312 g/mol. The Morgan fingerprint density at radius 2 is 1.65 bits per heavy atom. The Kier molecular flexibility index (Phi) is 5.52. The van der Waals surface area contributed by atoms with Gasteiger partial charge in [-0.1, -0.05) is 48.0 Å². The molecule has 122 valence electrons. The molecule has 0 saturated carbocycles. The van der Waals surface area contributed by atoms with Crippen molar-refractivity contribution in [2.45, 2.75) is 24.3 Å². The van der Waals surface area contributed by atoms with E-state index in [0.717, 1.165) is 11.1 Å². The number of rotatable bonds is 6. The van der Waals surface area contributed by atoms with E-state index in [1.54, 1.807) is 36.4 Å². The number of carbonyl (C=O) groups is 1. The van der Waals surface area contributed by atoms with Gasteiger partial charge in [-0.3, -0.25) is 4.79 Å². The quantitative estimate of drug-likeness (QED) is 0.851. The van der Waals surface area contributed by atoms with Crippen LogP contribution in [0.25, 0.3) is 0 Å². The minimum Gasteiger partial charge on any atom is -0.359 e. The van der Waals surface area contributed by atoms with Crippen molar-refractivity contribution in [1.29, 1.82) is 0 Å². The molecule has 0 spiro atoms. The zero-order valence-corrected chi connectivity index (χ0v) is 13.9. The normalized spacial score (nSPS) is 12.6. The highest BCUT2D eigenvalue weighted by molar-refractivity contribution is 7.89. The van der Waals surface area contributed by atoms with Gasteiger partial charge >= 0.3 is 0 Å². The largest absolute Gasteiger partial charge is 0.359 e. The molecule has 0 saturated heterocycles. The number of benzene rings is 2. The van der Waals surface area contributed by atoms with Crippen LogP contribution < -0.4 is 10.0 Å². The maximum Gasteiger partial charge on any atom is 0.241 e. The van der Waals surface area contributed by atoms with Crippen LogP contribution in [-0.2, 0) is 14.8 Å². The Hall–Kier alpha value is -2.18. The SMILES string of the molecule is CNC(=O)C[C@@H](NS(=O)(=O)c1ccc(C)cc1)c1ccccc1. The minimum absolute atomic E-state index is 0.0333. The van der Waals surface area contributed by atoms with Crippen molar-refractivity contribution >= 4 is 15.9 Å². The maximum atomic E-state index is 12.6. The van der Waals surface area contributed by atoms with Gasteiger partial charge < -0.3 is 5.32 Å². The summed E-state index contributed by atoms with van der Waals surface area (Å²) in [7, 11) is -2.18. The molecule has 0 radical (unpaired) electrons. The number of amides is 1. The van der Waals surface area contributed by atoms with E-state index in [0.29, 0.717) is 0 Å². The molecule has 0 unspecified atom stereocenters. The summed E-state index contributed by atoms with van der Waals surface area (Å²) in [5, 5.41) is 2.52. The first-order valence-electron chi connectivity index (χ1n) is 7.27. The van der Waals surface area contributed by atoms with Crippen LogP contribution in [0.4, 0.5) is 0 Å². The average molecular weight is 332 g/mol. The van der Waals surface area contributed by atoms with Crippen molar-refractivity contribution in [3.05, 3.63) is 65.7 Å². The molecule has 1 atom stereocenters. The third-order valence-electron chi connectivity index (χ3n) is 3.50. The van der Waals surface area contributed by atoms with Gasteiger partial charge in [-0.05, 0) is 24.6 Å². The summed E-state index contributed by atoms with van der Waals surface area (Å²) < 4.78 is 27.7. The van der Waals surface area contributed by atoms with Gasteiger partial charge in [0.2, 0.25) is 15.9 Å². The smallest absolute Gasteiger partial charge is 0.241 e. The number of hydrogen-bond acceptors (Lipinski definition) is 3. The Morgan fingerprint density at radius 3 is 2.22 bits per heavy atom. The predicted octanol–water partition coefficient (Wildman–Crippen LogP) is 2.15. The van der Waals surface area contributed by atoms with Crippen molar-refractivity contribution in [3.8, 4) is 0 Å². The second-order valence-corrected chi connectivity index (χ2v) is 6.99. The van der Waals surface area contributed by atoms with Gasteiger partial charge in [0.25, 0.3) is 0 Å². The molecule has 2 aromatic carbocycles. The number of aryl methyl sites for hydroxylation is 1. The first-order valence-corrected chi connectivity index (χ1v) is 8.75. The summed E-state index contributed by atoms with van der Waals surface area (Å²) in [6.07, 6.45) is 0.0333. The van der Waals surface area contributed by atoms with Gasteiger partial charge in [0.15, 0.2) is 0 Å². The van der Waals surface area contributed by atoms with E-state index >= 15 is 0 Å². The van der Waals surface area contributed by atoms with Crippen LogP contribution in [0.15, 0.2) is 59.5 Å². The first kappa shape index (κ1) is 17.2. The molecule has 0 heterocycles. The van der Waals surface area contributed by atoms with Crippen LogP contribution in [0.1, 0.15) is 23.6 Å². The summed E-state index contributed by atoms with van der Waals surface area (Å²) in [4.78, 5) is 11.9. The highest BCUT2D eigenvalue weighted by Gasteiger charge is 2.23. The highest BCUT2D eigenvalue weighted by Crippen LogP contribution is 2.20. The number of nitrogens with one attached hydrogen (secondary N) is 2. The topological polar surface area (TPSA) is 75.3 Å². The molecule has 0 aliphatic heterocycles. The van der Waals surface area contributed by atoms with Gasteiger partial charge in [-0.2, -0.15) is 0 Å². The summed E-state index contributed by atoms with van der Waals surface area (Å²) in [5.74, 6) is -0.231. The zero-order valence-electron chi connectivity index (χ0n) is 13.1. The highest BCUT2D eigenvalue weighted by atomic mass is 32.2. The standard InChI is InChI=1S/C17H20N2O3S/c1-13-8-10-15(11-9-13)23(21,22)19-16(12-17(20)18-2)14-6-4-3-5-7-14/h3-11,16,19H,12H2,1-2H3,(H,18,20)/t16-/m1/s1. The summed E-state index contributed by atoms with van der Waals surface area (Å²) >= 11 is 0. The molecule has 0 aromatic heterocycles. The van der Waals surface area contributed by atoms with Crippen LogP contribution in [0.2, 0.25) is 0 Å². The van der Waals surface area contributed by atoms with Crippen LogP contribution in [0.5, 0.6) is 0 Å². The van der Waals surface area contributed by atoms with Gasteiger partial charge in [0.1, 0.15) is 0 Å². The van der Waals surface area contributed by atoms with E-state index in [2.05, 4.69) is 10.0 Å². The number of hydrogen-bond donors (Lipinski definition) is 2. The predicted molar refractivity (Wildman–Crippen MR) is 89.4 cm³/mol. The first-order chi connectivity index (χ1) is 10.9. The third kappa shape index (κ3) is 4.64. The van der Waals surface area contributed by atoms with E-state index in [-0.39, 0.29) is 17.2 Å². The molecule has 2 aromatic rings. The lowest BCUT2D eigenvalue weighted by molar-refractivity contribution is -0.121. The van der Waals surface area contributed by atoms with Crippen molar-refractivity contribution < 1.29 is 13.2 Å². The van der Waals surface area contributed by atoms with Crippen molar-refractivity contribution in [3.63, 3.8) is 0 Å². The average Bonchev–Trinajstić information content (AvgIpc) is 2.55. The van der Waals surface area contributed by atoms with Crippen molar-refractivity contribution in [2.24, 2.45) is 0 Å². The second kappa shape index (κ2) is 7.39. The monoisotopic (exact) mass is 332 g/mol. The lowest BCUT2D eigenvalue weighted by atomic mass is 10.0. The third-order valence-corrected chi connectivity index (χ3v) is 4.99. The number of carbonyl (C=O) groups excluding carboxylic acids is 1. The second-order valence-electron chi connectivity index (χ2n) is 5.27. The molecule has 0 fully saturated rings. The molecule has 6 heteroatoms. The summed E-state index contributed by atoms with van der Waals surface area (Å²) in [6.45, 7) is 1.89. The molecule has 0 bridgehead atoms. The fourth-order valence-corrected chi connectivity index (χ4v) is 3.40. The lowest BCUT2D eigenvalue weighted by Crippen LogP contribution is -2.32. The molecule has 2 N–H and O–H groups in total. The van der Waals surface area contributed by atoms with Gasteiger partial charge in [-0.25, -0.2) is 13.1 Å². The molecule has 2 rings (SSSR count). The van der Waals surface area contributed by atoms with E-state index < -0.39 is 16.1 Å². The molecular formula is C17H20N2O3S. The molecule has 1 amide bonds. The number of sulfonamides is 1. The van der Waals surface area contributed by atoms with E-state index in [1.807, 2.05) is 25.1 Å². The van der Waals surface area contributed by atoms with E-state index in [9.17, 15) is 13.2 Å². The Bertz CT molecular complexity index is 756.